The van der Waals surface area contributed by atoms with E-state index in [-0.39, 0.29) is 18.0 Å². The van der Waals surface area contributed by atoms with Crippen LogP contribution in [-0.4, -0.2) is 46.4 Å². The van der Waals surface area contributed by atoms with E-state index in [2.05, 4.69) is 28.4 Å². The lowest BCUT2D eigenvalue weighted by Gasteiger charge is -2.54. The number of benzene rings is 1. The molecule has 4 aliphatic rings. The molecule has 0 radical (unpaired) electrons. The van der Waals surface area contributed by atoms with Crippen molar-refractivity contribution in [1.29, 1.82) is 0 Å². The number of piperidine rings is 1. The first kappa shape index (κ1) is 20.6. The molecule has 2 aromatic rings. The van der Waals surface area contributed by atoms with Gasteiger partial charge in [0.15, 0.2) is 5.41 Å². The number of aryl methyl sites for hydroxylation is 1. The molecule has 4 heterocycles. The lowest BCUT2D eigenvalue weighted by atomic mass is 9.66. The number of anilines is 1. The molecule has 2 atom stereocenters. The van der Waals surface area contributed by atoms with Crippen LogP contribution in [0.4, 0.5) is 10.6 Å². The van der Waals surface area contributed by atoms with Crippen molar-refractivity contribution in [2.75, 3.05) is 11.4 Å². The molecule has 3 aliphatic heterocycles. The number of urea groups is 1. The predicted molar refractivity (Wildman–Crippen MR) is 125 cm³/mol. The van der Waals surface area contributed by atoms with Crippen LogP contribution < -0.4 is 10.2 Å². The van der Waals surface area contributed by atoms with E-state index in [0.29, 0.717) is 6.42 Å². The molecule has 33 heavy (non-hydrogen) atoms. The normalized spacial score (nSPS) is 28.2. The van der Waals surface area contributed by atoms with Gasteiger partial charge in [-0.15, -0.1) is 0 Å². The molecule has 1 aliphatic carbocycles. The number of carbonyl (C=O) groups excluding carboxylic acids is 3. The second-order valence-corrected chi connectivity index (χ2v) is 10.2. The molecule has 4 amide bonds. The maximum atomic E-state index is 14.2. The number of hydrogen-bond acceptors (Lipinski definition) is 5. The maximum absolute atomic E-state index is 14.2. The molecule has 2 saturated heterocycles. The highest BCUT2D eigenvalue weighted by atomic mass is 16.2. The largest absolute Gasteiger partial charge is 0.352 e. The lowest BCUT2D eigenvalue weighted by Crippen LogP contribution is -2.73. The van der Waals surface area contributed by atoms with Gasteiger partial charge in [0.1, 0.15) is 5.82 Å². The number of pyridine rings is 1. The number of nitrogens with one attached hydrogen (secondary N) is 1. The van der Waals surface area contributed by atoms with Crippen LogP contribution in [0.1, 0.15) is 62.5 Å². The van der Waals surface area contributed by atoms with Crippen LogP contribution in [0.25, 0.3) is 10.9 Å². The fourth-order valence-corrected chi connectivity index (χ4v) is 6.62. The molecule has 1 saturated carbocycles. The Morgan fingerprint density at radius 3 is 2.61 bits per heavy atom. The van der Waals surface area contributed by atoms with Crippen LogP contribution in [0, 0.1) is 12.3 Å². The first-order valence-corrected chi connectivity index (χ1v) is 12.3. The summed E-state index contributed by atoms with van der Waals surface area (Å²) >= 11 is 0. The summed E-state index contributed by atoms with van der Waals surface area (Å²) in [5, 5.41) is 3.62. The van der Waals surface area contributed by atoms with Crippen LogP contribution in [0.5, 0.6) is 0 Å². The molecular weight excluding hydrogens is 416 g/mol. The highest BCUT2D eigenvalue weighted by Gasteiger charge is 2.63. The van der Waals surface area contributed by atoms with E-state index in [1.165, 1.54) is 4.90 Å². The molecule has 1 aromatic carbocycles. The quantitative estimate of drug-likeness (QED) is 0.673. The summed E-state index contributed by atoms with van der Waals surface area (Å²) in [5.74, 6) is 0.162. The molecule has 1 spiro atoms. The third kappa shape index (κ3) is 3.01. The fraction of sp³-hybridized carbons (Fsp3) is 0.538. The SMILES string of the molecule is Cc1ccc2nc3c(cc2c1)C[C@@]1(C(=O)NC(=O)N(C2CCCCC2)C1=O)[C@@H]1CCCCN31. The summed E-state index contributed by atoms with van der Waals surface area (Å²) in [7, 11) is 0. The number of amides is 4. The number of imide groups is 2. The molecule has 7 heteroatoms. The van der Waals surface area contributed by atoms with Gasteiger partial charge in [-0.2, -0.15) is 0 Å². The Morgan fingerprint density at radius 1 is 1.00 bits per heavy atom. The van der Waals surface area contributed by atoms with E-state index in [9.17, 15) is 14.4 Å². The van der Waals surface area contributed by atoms with Gasteiger partial charge in [0, 0.05) is 24.4 Å². The Bertz CT molecular complexity index is 1170. The Kier molecular flexibility index (Phi) is 4.71. The van der Waals surface area contributed by atoms with Crippen LogP contribution in [0.15, 0.2) is 24.3 Å². The van der Waals surface area contributed by atoms with Crippen molar-refractivity contribution in [1.82, 2.24) is 15.2 Å². The first-order chi connectivity index (χ1) is 16.0. The molecule has 6 rings (SSSR count). The lowest BCUT2D eigenvalue weighted by molar-refractivity contribution is -0.156. The Hall–Kier alpha value is -2.96. The Morgan fingerprint density at radius 2 is 1.79 bits per heavy atom. The molecule has 1 aromatic heterocycles. The highest BCUT2D eigenvalue weighted by molar-refractivity contribution is 6.20. The van der Waals surface area contributed by atoms with Gasteiger partial charge in [-0.1, -0.05) is 30.9 Å². The van der Waals surface area contributed by atoms with Gasteiger partial charge in [0.25, 0.3) is 0 Å². The number of fused-ring (bicyclic) bond motifs is 5. The van der Waals surface area contributed by atoms with E-state index >= 15 is 0 Å². The summed E-state index contributed by atoms with van der Waals surface area (Å²) in [6, 6.07) is 7.36. The number of nitrogens with zero attached hydrogens (tertiary/aromatic N) is 3. The number of barbiturate groups is 1. The molecule has 3 fully saturated rings. The van der Waals surface area contributed by atoms with Crippen molar-refractivity contribution in [3.63, 3.8) is 0 Å². The molecule has 0 bridgehead atoms. The molecule has 7 nitrogen and oxygen atoms in total. The zero-order chi connectivity index (χ0) is 22.7. The molecular formula is C26H30N4O3. The van der Waals surface area contributed by atoms with E-state index in [1.807, 2.05) is 13.0 Å². The highest BCUT2D eigenvalue weighted by Crippen LogP contribution is 2.48. The van der Waals surface area contributed by atoms with Gasteiger partial charge in [-0.05, 0) is 62.8 Å². The smallest absolute Gasteiger partial charge is 0.331 e. The molecule has 1 N–H and O–H groups in total. The fourth-order valence-electron chi connectivity index (χ4n) is 6.62. The second-order valence-electron chi connectivity index (χ2n) is 10.2. The topological polar surface area (TPSA) is 82.6 Å². The predicted octanol–water partition coefficient (Wildman–Crippen LogP) is 3.86. The zero-order valence-corrected chi connectivity index (χ0v) is 19.1. The van der Waals surface area contributed by atoms with E-state index in [1.54, 1.807) is 0 Å². The summed E-state index contributed by atoms with van der Waals surface area (Å²) in [6.45, 7) is 2.81. The number of carbonyl (C=O) groups is 3. The number of rotatable bonds is 1. The second kappa shape index (κ2) is 7.54. The van der Waals surface area contributed by atoms with E-state index in [4.69, 9.17) is 4.98 Å². The van der Waals surface area contributed by atoms with Gasteiger partial charge in [0.05, 0.1) is 11.6 Å². The molecule has 172 valence electrons. The summed E-state index contributed by atoms with van der Waals surface area (Å²) in [4.78, 5) is 49.3. The van der Waals surface area contributed by atoms with Gasteiger partial charge < -0.3 is 4.90 Å². The van der Waals surface area contributed by atoms with E-state index in [0.717, 1.165) is 85.8 Å². The summed E-state index contributed by atoms with van der Waals surface area (Å²) in [6.07, 6.45) is 7.79. The van der Waals surface area contributed by atoms with Gasteiger partial charge in [-0.3, -0.25) is 19.8 Å². The Balaban J connectivity index is 1.50. The van der Waals surface area contributed by atoms with Crippen molar-refractivity contribution in [2.24, 2.45) is 5.41 Å². The first-order valence-electron chi connectivity index (χ1n) is 12.3. The number of hydrogen-bond donors (Lipinski definition) is 1. The van der Waals surface area contributed by atoms with Crippen LogP contribution in [0.3, 0.4) is 0 Å². The van der Waals surface area contributed by atoms with Gasteiger partial charge in [0.2, 0.25) is 11.8 Å². The minimum absolute atomic E-state index is 0.118. The average Bonchev–Trinajstić information content (AvgIpc) is 2.82. The number of aromatic nitrogens is 1. The standard InChI is InChI=1S/C26H30N4O3/c1-16-10-11-20-17(13-16)14-18-15-26(21-9-5-6-12-29(21)22(18)27-20)23(31)28-25(33)30(24(26)32)19-7-3-2-4-8-19/h10-11,13-14,19,21H,2-9,12,15H2,1H3,(H,28,31,33)/t21-,26-/m0/s1. The van der Waals surface area contributed by atoms with Crippen molar-refractivity contribution in [3.8, 4) is 0 Å². The van der Waals surface area contributed by atoms with Crippen molar-refractivity contribution in [3.05, 3.63) is 35.4 Å². The van der Waals surface area contributed by atoms with Gasteiger partial charge in [-0.25, -0.2) is 9.78 Å². The third-order valence-corrected chi connectivity index (χ3v) is 8.22. The average molecular weight is 447 g/mol. The minimum atomic E-state index is -1.28. The van der Waals surface area contributed by atoms with Crippen LogP contribution in [0.2, 0.25) is 0 Å². The van der Waals surface area contributed by atoms with Crippen molar-refractivity contribution >= 4 is 34.6 Å². The van der Waals surface area contributed by atoms with Crippen LogP contribution in [-0.2, 0) is 16.0 Å². The van der Waals surface area contributed by atoms with Crippen molar-refractivity contribution < 1.29 is 14.4 Å². The van der Waals surface area contributed by atoms with E-state index < -0.39 is 17.4 Å². The summed E-state index contributed by atoms with van der Waals surface area (Å²) in [5.41, 5.74) is 1.72. The van der Waals surface area contributed by atoms with Crippen LogP contribution >= 0.6 is 0 Å². The minimum Gasteiger partial charge on any atom is -0.352 e. The molecule has 0 unspecified atom stereocenters. The third-order valence-electron chi connectivity index (χ3n) is 8.22. The zero-order valence-electron chi connectivity index (χ0n) is 19.1. The Labute approximate surface area is 193 Å². The van der Waals surface area contributed by atoms with Gasteiger partial charge >= 0.3 is 6.03 Å². The maximum Gasteiger partial charge on any atom is 0.331 e. The van der Waals surface area contributed by atoms with Crippen molar-refractivity contribution in [2.45, 2.75) is 76.8 Å². The monoisotopic (exact) mass is 446 g/mol. The summed E-state index contributed by atoms with van der Waals surface area (Å²) < 4.78 is 0.